The minimum absolute atomic E-state index is 0.383. The van der Waals surface area contributed by atoms with Crippen LogP contribution < -0.4 is 5.73 Å². The maximum atomic E-state index is 10.5. The van der Waals surface area contributed by atoms with Crippen molar-refractivity contribution in [2.75, 3.05) is 5.73 Å². The van der Waals surface area contributed by atoms with E-state index in [-0.39, 0.29) is 0 Å². The zero-order valence-electron chi connectivity index (χ0n) is 18.2. The van der Waals surface area contributed by atoms with Crippen LogP contribution in [0.25, 0.3) is 21.4 Å². The summed E-state index contributed by atoms with van der Waals surface area (Å²) in [6, 6.07) is 6.26. The van der Waals surface area contributed by atoms with E-state index >= 15 is 0 Å². The molecule has 0 saturated heterocycles. The summed E-state index contributed by atoms with van der Waals surface area (Å²) in [4.78, 5) is 28.5. The molecule has 0 aliphatic heterocycles. The Morgan fingerprint density at radius 3 is 2.77 bits per heavy atom. The average molecular weight is 457 g/mol. The molecule has 164 valence electrons. The second-order valence-electron chi connectivity index (χ2n) is 6.69. The molecule has 0 spiro atoms. The second-order valence-corrected chi connectivity index (χ2v) is 8.91. The lowest BCUT2D eigenvalue weighted by Gasteiger charge is -2.07. The van der Waals surface area contributed by atoms with Crippen molar-refractivity contribution in [3.05, 3.63) is 30.1 Å². The van der Waals surface area contributed by atoms with Crippen molar-refractivity contribution in [2.24, 2.45) is 0 Å². The van der Waals surface area contributed by atoms with Crippen molar-refractivity contribution in [3.63, 3.8) is 0 Å². The fourth-order valence-electron chi connectivity index (χ4n) is 3.27. The number of unbranched alkanes of at least 4 members (excludes halogenated alkanes) is 3. The van der Waals surface area contributed by atoms with Crippen LogP contribution in [0.2, 0.25) is 0 Å². The van der Waals surface area contributed by atoms with Gasteiger partial charge >= 0.3 is 0 Å². The fraction of sp³-hybridized carbons (Fsp3) is 0.409. The van der Waals surface area contributed by atoms with E-state index in [9.17, 15) is 4.79 Å². The van der Waals surface area contributed by atoms with Crippen LogP contribution in [0.3, 0.4) is 0 Å². The first-order chi connectivity index (χ1) is 15.2. The average Bonchev–Trinajstić information content (AvgIpc) is 3.37. The van der Waals surface area contributed by atoms with Gasteiger partial charge in [-0.3, -0.25) is 0 Å². The predicted octanol–water partition coefficient (Wildman–Crippen LogP) is 5.52. The molecule has 0 radical (unpaired) electrons. The standard InChI is InChI=1S/C20H22N6OS2.C2H6/c1-2-13-8-7-9-14-16(13)28-20(24-14)29-19-25-15-17(21)22-12-23-18(15)26(19)10-5-3-4-6-11-27;1-2/h7-9,11-12H,2-6,10H2,1H3,(H2,21,22,23);1-2H3. The number of anilines is 1. The molecule has 3 heterocycles. The molecule has 0 atom stereocenters. The summed E-state index contributed by atoms with van der Waals surface area (Å²) in [5.41, 5.74) is 9.73. The third-order valence-corrected chi connectivity index (χ3v) is 6.97. The minimum atomic E-state index is 0.383. The fourth-order valence-corrected chi connectivity index (χ4v) is 5.52. The van der Waals surface area contributed by atoms with Gasteiger partial charge < -0.3 is 15.1 Å². The Labute approximate surface area is 190 Å². The summed E-state index contributed by atoms with van der Waals surface area (Å²) in [5.74, 6) is 0.383. The molecule has 0 unspecified atom stereocenters. The van der Waals surface area contributed by atoms with Crippen LogP contribution in [0.15, 0.2) is 34.0 Å². The molecule has 3 aromatic heterocycles. The van der Waals surface area contributed by atoms with Gasteiger partial charge in [-0.1, -0.05) is 39.3 Å². The first-order valence-electron chi connectivity index (χ1n) is 10.7. The van der Waals surface area contributed by atoms with E-state index in [0.29, 0.717) is 17.8 Å². The van der Waals surface area contributed by atoms with Crippen LogP contribution in [0.4, 0.5) is 5.82 Å². The van der Waals surface area contributed by atoms with Gasteiger partial charge in [0.15, 0.2) is 26.5 Å². The Kier molecular flexibility index (Phi) is 8.36. The van der Waals surface area contributed by atoms with Gasteiger partial charge in [-0.15, -0.1) is 11.3 Å². The van der Waals surface area contributed by atoms with E-state index in [4.69, 9.17) is 15.7 Å². The topological polar surface area (TPSA) is 99.6 Å². The summed E-state index contributed by atoms with van der Waals surface area (Å²) in [5, 5.41) is 0.819. The van der Waals surface area contributed by atoms with Crippen LogP contribution in [-0.4, -0.2) is 30.8 Å². The first kappa shape index (κ1) is 23.1. The van der Waals surface area contributed by atoms with Crippen molar-refractivity contribution in [2.45, 2.75) is 68.9 Å². The molecule has 0 saturated carbocycles. The van der Waals surface area contributed by atoms with Crippen LogP contribution >= 0.6 is 23.1 Å². The van der Waals surface area contributed by atoms with E-state index < -0.39 is 0 Å². The normalized spacial score (nSPS) is 10.9. The molecule has 0 amide bonds. The van der Waals surface area contributed by atoms with Crippen molar-refractivity contribution >= 4 is 56.6 Å². The van der Waals surface area contributed by atoms with Crippen molar-refractivity contribution in [1.29, 1.82) is 0 Å². The number of carbonyl (C=O) groups is 1. The van der Waals surface area contributed by atoms with Gasteiger partial charge in [-0.25, -0.2) is 19.9 Å². The van der Waals surface area contributed by atoms with Crippen molar-refractivity contribution in [1.82, 2.24) is 24.5 Å². The molecule has 4 rings (SSSR count). The lowest BCUT2D eigenvalue weighted by molar-refractivity contribution is -0.107. The van der Waals surface area contributed by atoms with Crippen LogP contribution in [0, 0.1) is 0 Å². The zero-order chi connectivity index (χ0) is 22.2. The summed E-state index contributed by atoms with van der Waals surface area (Å²) in [7, 11) is 0. The molecule has 0 aliphatic carbocycles. The highest BCUT2D eigenvalue weighted by atomic mass is 32.2. The summed E-state index contributed by atoms with van der Waals surface area (Å²) in [6.45, 7) is 6.92. The maximum absolute atomic E-state index is 10.5. The Morgan fingerprint density at radius 1 is 1.16 bits per heavy atom. The number of hydrogen-bond acceptors (Lipinski definition) is 8. The SMILES string of the molecule is CC.CCc1cccc2nc(Sc3nc4c(N)ncnc4n3CCCCCC=O)sc12. The number of nitrogens with two attached hydrogens (primary N) is 1. The van der Waals surface area contributed by atoms with Crippen molar-refractivity contribution in [3.8, 4) is 0 Å². The van der Waals surface area contributed by atoms with Crippen LogP contribution in [0.5, 0.6) is 0 Å². The van der Waals surface area contributed by atoms with Crippen LogP contribution in [0.1, 0.15) is 52.0 Å². The van der Waals surface area contributed by atoms with Gasteiger partial charge in [0.2, 0.25) is 0 Å². The van der Waals surface area contributed by atoms with Gasteiger partial charge in [-0.05, 0) is 42.7 Å². The number of aldehydes is 1. The Morgan fingerprint density at radius 2 is 2.00 bits per heavy atom. The number of carbonyl (C=O) groups excluding carboxylic acids is 1. The highest BCUT2D eigenvalue weighted by Crippen LogP contribution is 2.37. The van der Waals surface area contributed by atoms with Crippen LogP contribution in [-0.2, 0) is 17.8 Å². The van der Waals surface area contributed by atoms with E-state index in [1.54, 1.807) is 23.1 Å². The molecule has 1 aromatic carbocycles. The molecule has 0 bridgehead atoms. The van der Waals surface area contributed by atoms with E-state index in [2.05, 4.69) is 39.7 Å². The second kappa shape index (κ2) is 11.2. The summed E-state index contributed by atoms with van der Waals surface area (Å²) >= 11 is 3.24. The largest absolute Gasteiger partial charge is 0.382 e. The maximum Gasteiger partial charge on any atom is 0.177 e. The third-order valence-electron chi connectivity index (χ3n) is 4.77. The Bertz CT molecular complexity index is 1150. The number of nitrogens with zero attached hydrogens (tertiary/aromatic N) is 5. The monoisotopic (exact) mass is 456 g/mol. The number of rotatable bonds is 9. The molecule has 0 aliphatic rings. The number of imidazole rings is 1. The molecular formula is C22H28N6OS2. The number of fused-ring (bicyclic) bond motifs is 2. The highest BCUT2D eigenvalue weighted by Gasteiger charge is 2.18. The summed E-state index contributed by atoms with van der Waals surface area (Å²) in [6.07, 6.45) is 6.84. The zero-order valence-corrected chi connectivity index (χ0v) is 19.8. The lowest BCUT2D eigenvalue weighted by Crippen LogP contribution is -2.02. The Balaban J connectivity index is 0.00000132. The van der Waals surface area contributed by atoms with Gasteiger partial charge in [0.05, 0.1) is 10.2 Å². The quantitative estimate of drug-likeness (QED) is 0.261. The van der Waals surface area contributed by atoms with E-state index in [1.807, 2.05) is 13.8 Å². The number of hydrogen-bond donors (Lipinski definition) is 1. The molecule has 9 heteroatoms. The number of benzene rings is 1. The van der Waals surface area contributed by atoms with Gasteiger partial charge in [-0.2, -0.15) is 0 Å². The molecular weight excluding hydrogens is 428 g/mol. The smallest absolute Gasteiger partial charge is 0.177 e. The summed E-state index contributed by atoms with van der Waals surface area (Å²) < 4.78 is 4.27. The molecule has 2 N–H and O–H groups in total. The number of thiazole rings is 1. The van der Waals surface area contributed by atoms with Gasteiger partial charge in [0.1, 0.15) is 12.6 Å². The third kappa shape index (κ3) is 5.22. The number of aromatic nitrogens is 5. The number of nitrogen functional groups attached to an aromatic ring is 1. The Hall–Kier alpha value is -2.52. The molecule has 7 nitrogen and oxygen atoms in total. The van der Waals surface area contributed by atoms with Gasteiger partial charge in [0.25, 0.3) is 0 Å². The molecule has 31 heavy (non-hydrogen) atoms. The highest BCUT2D eigenvalue weighted by molar-refractivity contribution is 8.01. The predicted molar refractivity (Wildman–Crippen MR) is 129 cm³/mol. The first-order valence-corrected chi connectivity index (χ1v) is 12.3. The number of aryl methyl sites for hydroxylation is 2. The van der Waals surface area contributed by atoms with Crippen molar-refractivity contribution < 1.29 is 4.79 Å². The van der Waals surface area contributed by atoms with E-state index in [1.165, 1.54) is 16.6 Å². The molecule has 4 aromatic rings. The van der Waals surface area contributed by atoms with Gasteiger partial charge in [0, 0.05) is 13.0 Å². The lowest BCUT2D eigenvalue weighted by atomic mass is 10.2. The van der Waals surface area contributed by atoms with E-state index in [0.717, 1.165) is 59.2 Å². The minimum Gasteiger partial charge on any atom is -0.382 e. The molecule has 0 fully saturated rings.